The number of pyridine rings is 1. The number of nitrogens with zero attached hydrogens (tertiary/aromatic N) is 2. The zero-order valence-electron chi connectivity index (χ0n) is 14.3. The largest absolute Gasteiger partial charge is 0.451 e. The van der Waals surface area contributed by atoms with Crippen LogP contribution in [0.1, 0.15) is 16.1 Å². The highest BCUT2D eigenvalue weighted by atomic mass is 79.9. The fourth-order valence-corrected chi connectivity index (χ4v) is 3.47. The maximum Gasteiger partial charge on any atom is 0.291 e. The van der Waals surface area contributed by atoms with Gasteiger partial charge in [-0.15, -0.1) is 0 Å². The van der Waals surface area contributed by atoms with E-state index >= 15 is 0 Å². The van der Waals surface area contributed by atoms with Crippen LogP contribution in [0.15, 0.2) is 45.4 Å². The molecule has 0 spiro atoms. The van der Waals surface area contributed by atoms with Crippen LogP contribution in [0.4, 0.5) is 11.5 Å². The second-order valence-electron chi connectivity index (χ2n) is 6.12. The number of benzene rings is 1. The summed E-state index contributed by atoms with van der Waals surface area (Å²) >= 11 is 3.45. The third-order valence-corrected chi connectivity index (χ3v) is 4.94. The number of hydrogen-bond acceptors (Lipinski definition) is 5. The number of furan rings is 1. The molecule has 3 aromatic rings. The van der Waals surface area contributed by atoms with E-state index in [9.17, 15) is 4.79 Å². The molecule has 2 aromatic heterocycles. The minimum absolute atomic E-state index is 0.280. The number of rotatable bonds is 3. The van der Waals surface area contributed by atoms with Crippen molar-refractivity contribution in [2.75, 3.05) is 36.5 Å². The van der Waals surface area contributed by atoms with Gasteiger partial charge in [0.25, 0.3) is 5.91 Å². The normalized spacial score (nSPS) is 14.6. The van der Waals surface area contributed by atoms with Gasteiger partial charge in [-0.25, -0.2) is 4.98 Å². The Balaban J connectivity index is 1.64. The first-order chi connectivity index (χ1) is 12.6. The van der Waals surface area contributed by atoms with E-state index in [-0.39, 0.29) is 5.91 Å². The van der Waals surface area contributed by atoms with E-state index in [0.717, 1.165) is 34.3 Å². The fraction of sp³-hybridized carbons (Fsp3) is 0.263. The van der Waals surface area contributed by atoms with Gasteiger partial charge >= 0.3 is 0 Å². The molecule has 4 rings (SSSR count). The molecule has 6 nitrogen and oxygen atoms in total. The number of amides is 1. The third kappa shape index (κ3) is 3.20. The zero-order valence-corrected chi connectivity index (χ0v) is 15.9. The first-order valence-electron chi connectivity index (χ1n) is 8.41. The SMILES string of the molecule is Cc1c(C(=O)Nc2cccnc2N2CCOCC2)oc2ccc(Br)cc12. The predicted octanol–water partition coefficient (Wildman–Crippen LogP) is 3.99. The molecule has 3 heterocycles. The molecule has 1 N–H and O–H groups in total. The summed E-state index contributed by atoms with van der Waals surface area (Å²) in [5.74, 6) is 0.785. The van der Waals surface area contributed by atoms with E-state index in [1.54, 1.807) is 6.20 Å². The van der Waals surface area contributed by atoms with E-state index < -0.39 is 0 Å². The van der Waals surface area contributed by atoms with Crippen LogP contribution < -0.4 is 10.2 Å². The smallest absolute Gasteiger partial charge is 0.291 e. The van der Waals surface area contributed by atoms with Crippen LogP contribution in [0.3, 0.4) is 0 Å². The van der Waals surface area contributed by atoms with Crippen molar-refractivity contribution in [2.45, 2.75) is 6.92 Å². The number of nitrogens with one attached hydrogen (secondary N) is 1. The Morgan fingerprint density at radius 3 is 2.88 bits per heavy atom. The van der Waals surface area contributed by atoms with E-state index in [4.69, 9.17) is 9.15 Å². The lowest BCUT2D eigenvalue weighted by molar-refractivity contribution is 0.0998. The van der Waals surface area contributed by atoms with Crippen molar-refractivity contribution in [3.8, 4) is 0 Å². The summed E-state index contributed by atoms with van der Waals surface area (Å²) < 4.78 is 12.1. The summed E-state index contributed by atoms with van der Waals surface area (Å²) in [7, 11) is 0. The van der Waals surface area contributed by atoms with Crippen LogP contribution >= 0.6 is 15.9 Å². The monoisotopic (exact) mass is 415 g/mol. The van der Waals surface area contributed by atoms with Gasteiger partial charge in [-0.3, -0.25) is 4.79 Å². The molecule has 0 aliphatic carbocycles. The Morgan fingerprint density at radius 2 is 2.08 bits per heavy atom. The number of carbonyl (C=O) groups excluding carboxylic acids is 1. The Morgan fingerprint density at radius 1 is 1.27 bits per heavy atom. The van der Waals surface area contributed by atoms with Crippen LogP contribution in [0, 0.1) is 6.92 Å². The standard InChI is InChI=1S/C19H18BrN3O3/c1-12-14-11-13(20)4-5-16(14)26-17(12)19(24)22-15-3-2-6-21-18(15)23-7-9-25-10-8-23/h2-6,11H,7-10H2,1H3,(H,22,24). The molecule has 1 amide bonds. The number of fused-ring (bicyclic) bond motifs is 1. The van der Waals surface area contributed by atoms with Crippen molar-refractivity contribution in [2.24, 2.45) is 0 Å². The average molecular weight is 416 g/mol. The highest BCUT2D eigenvalue weighted by Gasteiger charge is 2.21. The van der Waals surface area contributed by atoms with E-state index in [2.05, 4.69) is 31.1 Å². The first kappa shape index (κ1) is 17.1. The van der Waals surface area contributed by atoms with Crippen molar-refractivity contribution >= 4 is 44.3 Å². The summed E-state index contributed by atoms with van der Waals surface area (Å²) in [6, 6.07) is 9.36. The molecule has 0 atom stereocenters. The quantitative estimate of drug-likeness (QED) is 0.700. The molecule has 1 aliphatic rings. The van der Waals surface area contributed by atoms with Gasteiger partial charge < -0.3 is 19.4 Å². The maximum absolute atomic E-state index is 12.8. The molecule has 1 aliphatic heterocycles. The number of ether oxygens (including phenoxy) is 1. The molecule has 0 bridgehead atoms. The van der Waals surface area contributed by atoms with Gasteiger partial charge in [0.15, 0.2) is 11.6 Å². The minimum Gasteiger partial charge on any atom is -0.451 e. The molecule has 134 valence electrons. The second-order valence-corrected chi connectivity index (χ2v) is 7.04. The lowest BCUT2D eigenvalue weighted by atomic mass is 10.1. The molecule has 0 radical (unpaired) electrons. The summed E-state index contributed by atoms with van der Waals surface area (Å²) in [5.41, 5.74) is 2.17. The zero-order chi connectivity index (χ0) is 18.1. The Hall–Kier alpha value is -2.38. The number of anilines is 2. The molecule has 0 unspecified atom stereocenters. The molecule has 7 heteroatoms. The summed E-state index contributed by atoms with van der Waals surface area (Å²) in [6.07, 6.45) is 1.73. The summed E-state index contributed by atoms with van der Waals surface area (Å²) in [4.78, 5) is 19.4. The topological polar surface area (TPSA) is 67.6 Å². The molecule has 1 fully saturated rings. The van der Waals surface area contributed by atoms with Crippen molar-refractivity contribution in [1.82, 2.24) is 4.98 Å². The average Bonchev–Trinajstić information content (AvgIpc) is 2.99. The number of hydrogen-bond donors (Lipinski definition) is 1. The van der Waals surface area contributed by atoms with E-state index in [0.29, 0.717) is 30.2 Å². The highest BCUT2D eigenvalue weighted by molar-refractivity contribution is 9.10. The number of aryl methyl sites for hydroxylation is 1. The van der Waals surface area contributed by atoms with Gasteiger partial charge in [-0.2, -0.15) is 0 Å². The third-order valence-electron chi connectivity index (χ3n) is 4.45. The highest BCUT2D eigenvalue weighted by Crippen LogP contribution is 2.30. The van der Waals surface area contributed by atoms with E-state index in [1.165, 1.54) is 0 Å². The predicted molar refractivity (Wildman–Crippen MR) is 104 cm³/mol. The Labute approximate surface area is 159 Å². The van der Waals surface area contributed by atoms with Crippen molar-refractivity contribution < 1.29 is 13.9 Å². The molecule has 0 saturated carbocycles. The van der Waals surface area contributed by atoms with Gasteiger partial charge in [0.05, 0.1) is 18.9 Å². The fourth-order valence-electron chi connectivity index (χ4n) is 3.11. The van der Waals surface area contributed by atoms with Gasteiger partial charge in [-0.05, 0) is 37.3 Å². The van der Waals surface area contributed by atoms with Crippen LogP contribution in [0.5, 0.6) is 0 Å². The number of carbonyl (C=O) groups is 1. The van der Waals surface area contributed by atoms with Crippen LogP contribution in [-0.4, -0.2) is 37.2 Å². The summed E-state index contributed by atoms with van der Waals surface area (Å²) in [6.45, 7) is 4.69. The van der Waals surface area contributed by atoms with Crippen LogP contribution in [0.25, 0.3) is 11.0 Å². The Kier molecular flexibility index (Phi) is 4.65. The van der Waals surface area contributed by atoms with Crippen molar-refractivity contribution in [3.63, 3.8) is 0 Å². The molecular formula is C19H18BrN3O3. The van der Waals surface area contributed by atoms with Crippen molar-refractivity contribution in [3.05, 3.63) is 52.3 Å². The van der Waals surface area contributed by atoms with E-state index in [1.807, 2.05) is 37.3 Å². The number of aromatic nitrogens is 1. The molecule has 26 heavy (non-hydrogen) atoms. The second kappa shape index (κ2) is 7.09. The van der Waals surface area contributed by atoms with Crippen LogP contribution in [0.2, 0.25) is 0 Å². The van der Waals surface area contributed by atoms with Crippen LogP contribution in [-0.2, 0) is 4.74 Å². The van der Waals surface area contributed by atoms with Crippen molar-refractivity contribution in [1.29, 1.82) is 0 Å². The molecular weight excluding hydrogens is 398 g/mol. The van der Waals surface area contributed by atoms with Gasteiger partial charge in [0.2, 0.25) is 0 Å². The molecule has 1 aromatic carbocycles. The van der Waals surface area contributed by atoms with Gasteiger partial charge in [0.1, 0.15) is 5.58 Å². The lowest BCUT2D eigenvalue weighted by Crippen LogP contribution is -2.37. The number of halogens is 1. The Bertz CT molecular complexity index is 964. The van der Waals surface area contributed by atoms with Gasteiger partial charge in [-0.1, -0.05) is 15.9 Å². The first-order valence-corrected chi connectivity index (χ1v) is 9.20. The minimum atomic E-state index is -0.280. The summed E-state index contributed by atoms with van der Waals surface area (Å²) in [5, 5.41) is 3.87. The lowest BCUT2D eigenvalue weighted by Gasteiger charge is -2.29. The number of morpholine rings is 1. The maximum atomic E-state index is 12.8. The van der Waals surface area contributed by atoms with Gasteiger partial charge in [0, 0.05) is 34.7 Å². The molecule has 1 saturated heterocycles.